The smallest absolute Gasteiger partial charge is 0.252 e. The fourth-order valence-electron chi connectivity index (χ4n) is 2.19. The molecule has 0 bridgehead atoms. The van der Waals surface area contributed by atoms with Crippen molar-refractivity contribution in [3.8, 4) is 0 Å². The minimum atomic E-state index is -0.552. The van der Waals surface area contributed by atoms with Crippen LogP contribution >= 0.6 is 0 Å². The van der Waals surface area contributed by atoms with Gasteiger partial charge >= 0.3 is 0 Å². The van der Waals surface area contributed by atoms with E-state index in [0.717, 1.165) is 19.4 Å². The third-order valence-electron chi connectivity index (χ3n) is 3.01. The minimum absolute atomic E-state index is 0.00391. The average molecular weight is 236 g/mol. The van der Waals surface area contributed by atoms with Crippen molar-refractivity contribution in [3.63, 3.8) is 0 Å². The summed E-state index contributed by atoms with van der Waals surface area (Å²) in [4.78, 5) is 17.4. The van der Waals surface area contributed by atoms with Crippen molar-refractivity contribution in [2.45, 2.75) is 18.9 Å². The molecule has 0 saturated carbocycles. The number of carbonyl (C=O) groups excluding carboxylic acids is 1. The molecular weight excluding hydrogens is 220 g/mol. The molecule has 1 aliphatic rings. The summed E-state index contributed by atoms with van der Waals surface area (Å²) in [6.45, 7) is 0.812. The van der Waals surface area contributed by atoms with Crippen LogP contribution < -0.4 is 16.4 Å². The lowest BCUT2D eigenvalue weighted by Crippen LogP contribution is -2.34. The first kappa shape index (κ1) is 11.7. The molecule has 0 radical (unpaired) electrons. The first-order valence-corrected chi connectivity index (χ1v) is 5.56. The van der Waals surface area contributed by atoms with Crippen LogP contribution in [0.15, 0.2) is 12.3 Å². The Balaban J connectivity index is 2.40. The standard InChI is InChI=1S/C11H16N4O2/c12-7-4-9(10(13)17)11(14-5-7)15-3-1-2-8(15)6-16/h4-5,8,16H,1-3,6,12H2,(H2,13,17). The molecule has 6 nitrogen and oxygen atoms in total. The van der Waals surface area contributed by atoms with Crippen LogP contribution in [0.1, 0.15) is 23.2 Å². The summed E-state index contributed by atoms with van der Waals surface area (Å²) in [5.74, 6) is -0.0355. The van der Waals surface area contributed by atoms with Crippen molar-refractivity contribution in [2.24, 2.45) is 5.73 Å². The Morgan fingerprint density at radius 3 is 3.06 bits per heavy atom. The molecule has 92 valence electrons. The third kappa shape index (κ3) is 2.16. The molecule has 1 aromatic rings. The van der Waals surface area contributed by atoms with Crippen LogP contribution in [0.3, 0.4) is 0 Å². The highest BCUT2D eigenvalue weighted by Crippen LogP contribution is 2.27. The molecule has 0 aromatic carbocycles. The van der Waals surface area contributed by atoms with Crippen LogP contribution in [0.5, 0.6) is 0 Å². The van der Waals surface area contributed by atoms with Crippen molar-refractivity contribution in [1.82, 2.24) is 4.98 Å². The van der Waals surface area contributed by atoms with E-state index in [1.165, 1.54) is 12.3 Å². The fourth-order valence-corrected chi connectivity index (χ4v) is 2.19. The Kier molecular flexibility index (Phi) is 3.14. The number of aliphatic hydroxyl groups excluding tert-OH is 1. The SMILES string of the molecule is NC(=O)c1cc(N)cnc1N1CCCC1CO. The molecule has 2 heterocycles. The lowest BCUT2D eigenvalue weighted by molar-refractivity contribution is 0.100. The number of rotatable bonds is 3. The number of hydrogen-bond donors (Lipinski definition) is 3. The number of pyridine rings is 1. The summed E-state index contributed by atoms with van der Waals surface area (Å²) in [5.41, 5.74) is 11.6. The summed E-state index contributed by atoms with van der Waals surface area (Å²) in [7, 11) is 0. The Labute approximate surface area is 99.2 Å². The van der Waals surface area contributed by atoms with Gasteiger partial charge in [-0.15, -0.1) is 0 Å². The summed E-state index contributed by atoms with van der Waals surface area (Å²) < 4.78 is 0. The maximum absolute atomic E-state index is 11.4. The van der Waals surface area contributed by atoms with Crippen molar-refractivity contribution in [2.75, 3.05) is 23.8 Å². The van der Waals surface area contributed by atoms with E-state index in [0.29, 0.717) is 17.1 Å². The predicted octanol–water partition coefficient (Wildman–Crippen LogP) is -0.276. The van der Waals surface area contributed by atoms with Crippen LogP contribution in [0.4, 0.5) is 11.5 Å². The van der Waals surface area contributed by atoms with E-state index < -0.39 is 5.91 Å². The van der Waals surface area contributed by atoms with Gasteiger partial charge in [0.05, 0.1) is 30.1 Å². The molecule has 2 rings (SSSR count). The molecule has 1 unspecified atom stereocenters. The van der Waals surface area contributed by atoms with E-state index in [1.807, 2.05) is 4.90 Å². The molecule has 0 aliphatic carbocycles. The Morgan fingerprint density at radius 1 is 1.65 bits per heavy atom. The molecule has 1 saturated heterocycles. The zero-order chi connectivity index (χ0) is 12.4. The first-order chi connectivity index (χ1) is 8.13. The van der Waals surface area contributed by atoms with Gasteiger partial charge < -0.3 is 21.5 Å². The topological polar surface area (TPSA) is 105 Å². The van der Waals surface area contributed by atoms with E-state index in [-0.39, 0.29) is 12.6 Å². The summed E-state index contributed by atoms with van der Waals surface area (Å²) in [6, 6.07) is 1.53. The van der Waals surface area contributed by atoms with Gasteiger partial charge in [0.2, 0.25) is 0 Å². The van der Waals surface area contributed by atoms with Crippen molar-refractivity contribution in [1.29, 1.82) is 0 Å². The molecule has 5 N–H and O–H groups in total. The number of anilines is 2. The molecule has 17 heavy (non-hydrogen) atoms. The Bertz CT molecular complexity index is 435. The van der Waals surface area contributed by atoms with Crippen molar-refractivity contribution < 1.29 is 9.90 Å². The normalized spacial score (nSPS) is 19.6. The van der Waals surface area contributed by atoms with Gasteiger partial charge in [-0.25, -0.2) is 4.98 Å². The van der Waals surface area contributed by atoms with Crippen molar-refractivity contribution in [3.05, 3.63) is 17.8 Å². The zero-order valence-electron chi connectivity index (χ0n) is 9.47. The highest BCUT2D eigenvalue weighted by molar-refractivity contribution is 5.98. The molecule has 1 atom stereocenters. The van der Waals surface area contributed by atoms with E-state index in [1.54, 1.807) is 0 Å². The van der Waals surface area contributed by atoms with Crippen molar-refractivity contribution >= 4 is 17.4 Å². The highest BCUT2D eigenvalue weighted by Gasteiger charge is 2.27. The zero-order valence-corrected chi connectivity index (χ0v) is 9.47. The first-order valence-electron chi connectivity index (χ1n) is 5.56. The van der Waals surface area contributed by atoms with Crippen LogP contribution in [-0.2, 0) is 0 Å². The number of primary amides is 1. The number of carbonyl (C=O) groups is 1. The average Bonchev–Trinajstić information content (AvgIpc) is 2.76. The highest BCUT2D eigenvalue weighted by atomic mass is 16.3. The van der Waals surface area contributed by atoms with Gasteiger partial charge in [-0.3, -0.25) is 4.79 Å². The number of hydrogen-bond acceptors (Lipinski definition) is 5. The van der Waals surface area contributed by atoms with E-state index in [2.05, 4.69) is 4.98 Å². The molecule has 1 aliphatic heterocycles. The largest absolute Gasteiger partial charge is 0.397 e. The van der Waals surface area contributed by atoms with E-state index in [4.69, 9.17) is 11.5 Å². The maximum atomic E-state index is 11.4. The second-order valence-corrected chi connectivity index (χ2v) is 4.18. The number of aromatic nitrogens is 1. The van der Waals surface area contributed by atoms with E-state index >= 15 is 0 Å². The molecular formula is C11H16N4O2. The summed E-state index contributed by atoms with van der Waals surface area (Å²) in [5, 5.41) is 9.27. The minimum Gasteiger partial charge on any atom is -0.397 e. The maximum Gasteiger partial charge on any atom is 0.252 e. The van der Waals surface area contributed by atoms with Gasteiger partial charge in [0.25, 0.3) is 5.91 Å². The number of amides is 1. The van der Waals surface area contributed by atoms with Gasteiger partial charge in [-0.05, 0) is 18.9 Å². The second kappa shape index (κ2) is 4.58. The molecule has 1 fully saturated rings. The number of nitrogen functional groups attached to an aromatic ring is 1. The Hall–Kier alpha value is -1.82. The number of aliphatic hydroxyl groups is 1. The fraction of sp³-hybridized carbons (Fsp3) is 0.455. The number of nitrogens with zero attached hydrogens (tertiary/aromatic N) is 2. The second-order valence-electron chi connectivity index (χ2n) is 4.18. The van der Waals surface area contributed by atoms with Crippen LogP contribution in [-0.4, -0.2) is 35.2 Å². The summed E-state index contributed by atoms with van der Waals surface area (Å²) in [6.07, 6.45) is 3.35. The van der Waals surface area contributed by atoms with Crippen LogP contribution in [0, 0.1) is 0 Å². The van der Waals surface area contributed by atoms with E-state index in [9.17, 15) is 9.90 Å². The summed E-state index contributed by atoms with van der Waals surface area (Å²) >= 11 is 0. The quantitative estimate of drug-likeness (QED) is 0.669. The van der Waals surface area contributed by atoms with Gasteiger partial charge in [-0.1, -0.05) is 0 Å². The van der Waals surface area contributed by atoms with Gasteiger partial charge in [0.1, 0.15) is 5.82 Å². The predicted molar refractivity (Wildman–Crippen MR) is 64.6 cm³/mol. The van der Waals surface area contributed by atoms with Gasteiger partial charge in [-0.2, -0.15) is 0 Å². The molecule has 1 amide bonds. The lowest BCUT2D eigenvalue weighted by Gasteiger charge is -2.25. The van der Waals surface area contributed by atoms with Crippen LogP contribution in [0.25, 0.3) is 0 Å². The lowest BCUT2D eigenvalue weighted by atomic mass is 10.2. The van der Waals surface area contributed by atoms with Gasteiger partial charge in [0.15, 0.2) is 0 Å². The molecule has 0 spiro atoms. The monoisotopic (exact) mass is 236 g/mol. The third-order valence-corrected chi connectivity index (χ3v) is 3.01. The van der Waals surface area contributed by atoms with Gasteiger partial charge in [0, 0.05) is 6.54 Å². The Morgan fingerprint density at radius 2 is 2.41 bits per heavy atom. The number of nitrogens with two attached hydrogens (primary N) is 2. The van der Waals surface area contributed by atoms with Crippen LogP contribution in [0.2, 0.25) is 0 Å². The molecule has 6 heteroatoms. The molecule has 1 aromatic heterocycles.